The van der Waals surface area contributed by atoms with Crippen molar-refractivity contribution in [1.29, 1.82) is 0 Å². The van der Waals surface area contributed by atoms with E-state index in [0.29, 0.717) is 44.4 Å². The first-order valence-corrected chi connectivity index (χ1v) is 11.4. The third kappa shape index (κ3) is 6.23. The van der Waals surface area contributed by atoms with E-state index < -0.39 is 20.0 Å². The number of sulfonamides is 2. The predicted octanol–water partition coefficient (Wildman–Crippen LogP) is -1.62. The largest absolute Gasteiger partial charge is 0.364 e. The van der Waals surface area contributed by atoms with E-state index >= 15 is 0 Å². The van der Waals surface area contributed by atoms with Gasteiger partial charge in [-0.1, -0.05) is 5.16 Å². The van der Waals surface area contributed by atoms with E-state index in [9.17, 15) is 16.8 Å². The van der Waals surface area contributed by atoms with Crippen LogP contribution < -0.4 is 10.5 Å². The lowest BCUT2D eigenvalue weighted by atomic mass is 10.4. The van der Waals surface area contributed by atoms with Gasteiger partial charge in [-0.3, -0.25) is 4.99 Å². The van der Waals surface area contributed by atoms with Gasteiger partial charge in [0, 0.05) is 38.8 Å². The number of aromatic nitrogens is 1. The van der Waals surface area contributed by atoms with Gasteiger partial charge in [-0.05, 0) is 6.92 Å². The maximum atomic E-state index is 12.4. The number of aliphatic imine (C=N–C) groups is 1. The first kappa shape index (κ1) is 20.6. The molecule has 0 amide bonds. The van der Waals surface area contributed by atoms with Gasteiger partial charge in [0.1, 0.15) is 12.0 Å². The molecule has 1 aliphatic rings. The van der Waals surface area contributed by atoms with Gasteiger partial charge in [0.25, 0.3) is 0 Å². The molecule has 1 aliphatic heterocycles. The first-order chi connectivity index (χ1) is 12.2. The Morgan fingerprint density at radius 3 is 2.54 bits per heavy atom. The zero-order valence-corrected chi connectivity index (χ0v) is 16.2. The second-order valence-electron chi connectivity index (χ2n) is 5.74. The van der Waals surface area contributed by atoms with E-state index in [4.69, 9.17) is 5.14 Å². The molecule has 0 atom stereocenters. The summed E-state index contributed by atoms with van der Waals surface area (Å²) in [5.74, 6) is 0.102. The van der Waals surface area contributed by atoms with Gasteiger partial charge in [0.15, 0.2) is 5.96 Å². The Morgan fingerprint density at radius 2 is 2.00 bits per heavy atom. The zero-order valence-electron chi connectivity index (χ0n) is 14.5. The van der Waals surface area contributed by atoms with Crippen LogP contribution in [0.4, 0.5) is 0 Å². The lowest BCUT2D eigenvalue weighted by Gasteiger charge is -2.35. The molecule has 0 saturated carbocycles. The highest BCUT2D eigenvalue weighted by molar-refractivity contribution is 7.89. The van der Waals surface area contributed by atoms with Crippen molar-refractivity contribution in [2.45, 2.75) is 12.7 Å². The third-order valence-corrected chi connectivity index (χ3v) is 6.29. The Kier molecular flexibility index (Phi) is 6.97. The molecular weight excluding hydrogens is 384 g/mol. The fraction of sp³-hybridized carbons (Fsp3) is 0.692. The zero-order chi connectivity index (χ0) is 19.2. The molecule has 1 saturated heterocycles. The summed E-state index contributed by atoms with van der Waals surface area (Å²) in [6.45, 7) is 4.05. The van der Waals surface area contributed by atoms with Crippen LogP contribution in [0.2, 0.25) is 0 Å². The maximum absolute atomic E-state index is 12.4. The monoisotopic (exact) mass is 408 g/mol. The number of hydrogen-bond donors (Lipinski definition) is 2. The molecule has 13 heteroatoms. The predicted molar refractivity (Wildman–Crippen MR) is 96.2 cm³/mol. The van der Waals surface area contributed by atoms with E-state index in [1.807, 2.05) is 11.8 Å². The lowest BCUT2D eigenvalue weighted by Crippen LogP contribution is -2.54. The second-order valence-corrected chi connectivity index (χ2v) is 9.44. The molecule has 148 valence electrons. The van der Waals surface area contributed by atoms with Crippen LogP contribution in [0.1, 0.15) is 12.6 Å². The molecular formula is C13H24N6O5S2. The summed E-state index contributed by atoms with van der Waals surface area (Å²) in [5.41, 5.74) is 0.366. The van der Waals surface area contributed by atoms with Crippen LogP contribution in [-0.2, 0) is 25.8 Å². The van der Waals surface area contributed by atoms with Crippen molar-refractivity contribution in [3.05, 3.63) is 18.0 Å². The Morgan fingerprint density at radius 1 is 1.31 bits per heavy atom. The molecule has 26 heavy (non-hydrogen) atoms. The van der Waals surface area contributed by atoms with Crippen LogP contribution in [-0.4, -0.2) is 82.2 Å². The van der Waals surface area contributed by atoms with E-state index in [1.165, 1.54) is 16.6 Å². The average molecular weight is 409 g/mol. The van der Waals surface area contributed by atoms with Crippen molar-refractivity contribution in [3.8, 4) is 0 Å². The second kappa shape index (κ2) is 8.79. The summed E-state index contributed by atoms with van der Waals surface area (Å²) in [5, 5.41) is 11.7. The fourth-order valence-electron chi connectivity index (χ4n) is 2.47. The highest BCUT2D eigenvalue weighted by atomic mass is 32.2. The molecule has 1 aromatic rings. The molecule has 11 nitrogen and oxygen atoms in total. The summed E-state index contributed by atoms with van der Waals surface area (Å²) in [6, 6.07) is 1.52. The number of hydrogen-bond acceptors (Lipinski definition) is 7. The summed E-state index contributed by atoms with van der Waals surface area (Å²) >= 11 is 0. The first-order valence-electron chi connectivity index (χ1n) is 8.12. The number of guanidine groups is 1. The Labute approximate surface area is 153 Å². The number of rotatable bonds is 7. The quantitative estimate of drug-likeness (QED) is 0.403. The van der Waals surface area contributed by atoms with Crippen molar-refractivity contribution >= 4 is 26.0 Å². The SMILES string of the molecule is CCNC(=NCCS(N)(=O)=O)N1CCN(S(=O)(=O)Cc2ccon2)CC1. The minimum absolute atomic E-state index is 0.0475. The van der Waals surface area contributed by atoms with Crippen LogP contribution in [0.3, 0.4) is 0 Å². The van der Waals surface area contributed by atoms with Gasteiger partial charge in [-0.2, -0.15) is 4.31 Å². The molecule has 3 N–H and O–H groups in total. The maximum Gasteiger partial charge on any atom is 0.220 e. The van der Waals surface area contributed by atoms with Crippen LogP contribution in [0, 0.1) is 0 Å². The van der Waals surface area contributed by atoms with E-state index in [0.717, 1.165) is 0 Å². The van der Waals surface area contributed by atoms with Crippen LogP contribution >= 0.6 is 0 Å². The van der Waals surface area contributed by atoms with Gasteiger partial charge in [-0.15, -0.1) is 0 Å². The van der Waals surface area contributed by atoms with Crippen molar-refractivity contribution in [2.24, 2.45) is 10.1 Å². The Hall–Kier alpha value is -1.70. The van der Waals surface area contributed by atoms with E-state index in [2.05, 4.69) is 20.0 Å². The molecule has 0 aromatic carbocycles. The van der Waals surface area contributed by atoms with E-state index in [1.54, 1.807) is 0 Å². The van der Waals surface area contributed by atoms with Gasteiger partial charge in [0.2, 0.25) is 20.0 Å². The average Bonchev–Trinajstić information content (AvgIpc) is 3.05. The molecule has 1 aromatic heterocycles. The standard InChI is InChI=1S/C13H24N6O5S2/c1-2-15-13(16-4-10-25(14,20)21)18-5-7-19(8-6-18)26(22,23)11-12-3-9-24-17-12/h3,9H,2,4-8,10-11H2,1H3,(H,15,16)(H2,14,20,21). The summed E-state index contributed by atoms with van der Waals surface area (Å²) < 4.78 is 53.0. The van der Waals surface area contributed by atoms with Crippen molar-refractivity contribution in [3.63, 3.8) is 0 Å². The van der Waals surface area contributed by atoms with Crippen LogP contribution in [0.25, 0.3) is 0 Å². The van der Waals surface area contributed by atoms with Gasteiger partial charge in [-0.25, -0.2) is 22.0 Å². The molecule has 0 aliphatic carbocycles. The Bertz CT molecular complexity index is 798. The molecule has 0 unspecified atom stereocenters. The van der Waals surface area contributed by atoms with Crippen molar-refractivity contribution < 1.29 is 21.4 Å². The number of nitrogens with zero attached hydrogens (tertiary/aromatic N) is 4. The number of primary sulfonamides is 1. The van der Waals surface area contributed by atoms with Crippen molar-refractivity contribution in [2.75, 3.05) is 45.0 Å². The topological polar surface area (TPSA) is 151 Å². The lowest BCUT2D eigenvalue weighted by molar-refractivity contribution is 0.260. The van der Waals surface area contributed by atoms with Gasteiger partial charge < -0.3 is 14.7 Å². The molecule has 0 bridgehead atoms. The molecule has 2 heterocycles. The molecule has 1 fully saturated rings. The highest BCUT2D eigenvalue weighted by Crippen LogP contribution is 2.12. The molecule has 0 radical (unpaired) electrons. The highest BCUT2D eigenvalue weighted by Gasteiger charge is 2.29. The van der Waals surface area contributed by atoms with Gasteiger partial charge in [0.05, 0.1) is 18.0 Å². The van der Waals surface area contributed by atoms with Crippen LogP contribution in [0.15, 0.2) is 21.8 Å². The third-order valence-electron chi connectivity index (χ3n) is 3.73. The van der Waals surface area contributed by atoms with Crippen molar-refractivity contribution in [1.82, 2.24) is 19.7 Å². The summed E-state index contributed by atoms with van der Waals surface area (Å²) in [7, 11) is -7.05. The number of nitrogens with two attached hydrogens (primary N) is 1. The van der Waals surface area contributed by atoms with Crippen LogP contribution in [0.5, 0.6) is 0 Å². The minimum Gasteiger partial charge on any atom is -0.364 e. The summed E-state index contributed by atoms with van der Waals surface area (Å²) in [6.07, 6.45) is 1.34. The number of nitrogens with one attached hydrogen (secondary N) is 1. The van der Waals surface area contributed by atoms with E-state index in [-0.39, 0.29) is 18.1 Å². The van der Waals surface area contributed by atoms with Gasteiger partial charge >= 0.3 is 0 Å². The Balaban J connectivity index is 1.95. The molecule has 0 spiro atoms. The smallest absolute Gasteiger partial charge is 0.220 e. The fourth-order valence-corrected chi connectivity index (χ4v) is 4.24. The minimum atomic E-state index is -3.57. The molecule has 2 rings (SSSR count). The summed E-state index contributed by atoms with van der Waals surface area (Å²) in [4.78, 5) is 6.15. The normalized spacial score (nSPS) is 17.5. The number of piperazine rings is 1.